The van der Waals surface area contributed by atoms with Crippen LogP contribution in [0.4, 0.5) is 0 Å². The average Bonchev–Trinajstić information content (AvgIpc) is 2.97. The third-order valence-electron chi connectivity index (χ3n) is 3.73. The van der Waals surface area contributed by atoms with Gasteiger partial charge in [-0.2, -0.15) is 0 Å². The summed E-state index contributed by atoms with van der Waals surface area (Å²) < 4.78 is 10.00. The minimum absolute atomic E-state index is 0.119. The number of amides is 1. The Labute approximate surface area is 141 Å². The van der Waals surface area contributed by atoms with E-state index in [-0.39, 0.29) is 23.2 Å². The molecule has 2 heterocycles. The van der Waals surface area contributed by atoms with Gasteiger partial charge in [-0.05, 0) is 24.6 Å². The normalized spacial score (nSPS) is 10.6. The lowest BCUT2D eigenvalue weighted by Gasteiger charge is -2.06. The molecule has 25 heavy (non-hydrogen) atoms. The number of hydrogen-bond acceptors (Lipinski definition) is 6. The number of carbonyl (C=O) groups excluding carboxylic acids is 2. The van der Waals surface area contributed by atoms with Crippen LogP contribution < -0.4 is 10.9 Å². The molecule has 0 bridgehead atoms. The van der Waals surface area contributed by atoms with E-state index in [2.05, 4.69) is 20.0 Å². The second kappa shape index (κ2) is 6.60. The second-order valence-corrected chi connectivity index (χ2v) is 5.32. The molecule has 0 fully saturated rings. The Morgan fingerprint density at radius 2 is 2.00 bits per heavy atom. The lowest BCUT2D eigenvalue weighted by molar-refractivity contribution is 0.0600. The van der Waals surface area contributed by atoms with Crippen LogP contribution >= 0.6 is 0 Å². The van der Waals surface area contributed by atoms with Crippen molar-refractivity contribution in [2.24, 2.45) is 0 Å². The number of aromatic nitrogens is 2. The number of ether oxygens (including phenoxy) is 1. The molecule has 0 aliphatic rings. The molecule has 1 amide bonds. The molecule has 0 atom stereocenters. The van der Waals surface area contributed by atoms with Crippen molar-refractivity contribution in [1.29, 1.82) is 0 Å². The van der Waals surface area contributed by atoms with Gasteiger partial charge in [0.15, 0.2) is 0 Å². The van der Waals surface area contributed by atoms with Crippen LogP contribution in [0.15, 0.2) is 39.8 Å². The lowest BCUT2D eigenvalue weighted by atomic mass is 10.1. The molecule has 128 valence electrons. The highest BCUT2D eigenvalue weighted by Crippen LogP contribution is 2.20. The molecular weight excluding hydrogens is 326 g/mol. The highest BCUT2D eigenvalue weighted by Gasteiger charge is 2.21. The van der Waals surface area contributed by atoms with Crippen LogP contribution in [-0.2, 0) is 11.3 Å². The summed E-state index contributed by atoms with van der Waals surface area (Å²) in [4.78, 5) is 42.1. The summed E-state index contributed by atoms with van der Waals surface area (Å²) in [6, 6.07) is 6.64. The molecule has 0 aliphatic carbocycles. The molecule has 3 aromatic rings. The summed E-state index contributed by atoms with van der Waals surface area (Å²) in [5, 5.41) is 2.85. The molecule has 0 radical (unpaired) electrons. The van der Waals surface area contributed by atoms with Gasteiger partial charge in [0.05, 0.1) is 24.6 Å². The van der Waals surface area contributed by atoms with E-state index in [1.807, 2.05) is 0 Å². The number of H-pyrrole nitrogens is 1. The Kier molecular flexibility index (Phi) is 4.34. The van der Waals surface area contributed by atoms with E-state index in [0.29, 0.717) is 11.3 Å². The smallest absolute Gasteiger partial charge is 0.337 e. The maximum atomic E-state index is 12.5. The maximum absolute atomic E-state index is 12.5. The van der Waals surface area contributed by atoms with E-state index in [9.17, 15) is 14.4 Å². The molecule has 0 saturated carbocycles. The number of aryl methyl sites for hydroxylation is 1. The maximum Gasteiger partial charge on any atom is 0.337 e. The molecule has 0 spiro atoms. The molecule has 0 unspecified atom stereocenters. The fraction of sp³-hybridized carbons (Fsp3) is 0.176. The highest BCUT2D eigenvalue weighted by molar-refractivity contribution is 6.06. The van der Waals surface area contributed by atoms with Crippen molar-refractivity contribution in [3.8, 4) is 0 Å². The summed E-state index contributed by atoms with van der Waals surface area (Å²) in [7, 11) is 1.31. The number of fused-ring (bicyclic) bond motifs is 1. The zero-order chi connectivity index (χ0) is 18.0. The van der Waals surface area contributed by atoms with Gasteiger partial charge in [-0.1, -0.05) is 12.1 Å². The van der Waals surface area contributed by atoms with E-state index in [1.165, 1.54) is 13.4 Å². The molecule has 3 rings (SSSR count). The topological polar surface area (TPSA) is 114 Å². The number of furan rings is 1. The minimum Gasteiger partial charge on any atom is -0.465 e. The third-order valence-corrected chi connectivity index (χ3v) is 3.73. The number of esters is 1. The van der Waals surface area contributed by atoms with Crippen LogP contribution in [0.3, 0.4) is 0 Å². The molecule has 0 saturated heterocycles. The van der Waals surface area contributed by atoms with Gasteiger partial charge in [0.2, 0.25) is 5.71 Å². The summed E-state index contributed by atoms with van der Waals surface area (Å²) in [6.45, 7) is 1.83. The largest absolute Gasteiger partial charge is 0.465 e. The Morgan fingerprint density at radius 1 is 1.28 bits per heavy atom. The van der Waals surface area contributed by atoms with E-state index >= 15 is 0 Å². The van der Waals surface area contributed by atoms with Gasteiger partial charge >= 0.3 is 5.97 Å². The number of nitrogens with zero attached hydrogens (tertiary/aromatic N) is 1. The van der Waals surface area contributed by atoms with Crippen LogP contribution in [0.5, 0.6) is 0 Å². The van der Waals surface area contributed by atoms with Gasteiger partial charge < -0.3 is 19.5 Å². The lowest BCUT2D eigenvalue weighted by Crippen LogP contribution is -2.24. The van der Waals surface area contributed by atoms with Gasteiger partial charge in [0, 0.05) is 6.54 Å². The molecule has 0 aliphatic heterocycles. The zero-order valence-corrected chi connectivity index (χ0v) is 13.6. The second-order valence-electron chi connectivity index (χ2n) is 5.32. The quantitative estimate of drug-likeness (QED) is 0.696. The van der Waals surface area contributed by atoms with Crippen LogP contribution in [0.1, 0.15) is 32.0 Å². The van der Waals surface area contributed by atoms with Gasteiger partial charge in [-0.15, -0.1) is 0 Å². The van der Waals surface area contributed by atoms with E-state index < -0.39 is 17.4 Å². The SMILES string of the molecule is COC(=O)c1ccc(CNC(=O)c2c(C)oc3nc[nH]c(=O)c23)cc1. The van der Waals surface area contributed by atoms with Crippen molar-refractivity contribution in [1.82, 2.24) is 15.3 Å². The van der Waals surface area contributed by atoms with E-state index in [1.54, 1.807) is 31.2 Å². The number of methoxy groups -OCH3 is 1. The first-order chi connectivity index (χ1) is 12.0. The molecule has 1 aromatic carbocycles. The molecular formula is C17H15N3O5. The number of hydrogen-bond donors (Lipinski definition) is 2. The fourth-order valence-electron chi connectivity index (χ4n) is 2.47. The molecule has 8 nitrogen and oxygen atoms in total. The third kappa shape index (κ3) is 3.14. The van der Waals surface area contributed by atoms with E-state index in [4.69, 9.17) is 4.42 Å². The summed E-state index contributed by atoms with van der Waals surface area (Å²) in [5.74, 6) is -0.549. The van der Waals surface area contributed by atoms with Crippen LogP contribution in [0.2, 0.25) is 0 Å². The first kappa shape index (κ1) is 16.4. The predicted molar refractivity (Wildman–Crippen MR) is 88.3 cm³/mol. The summed E-state index contributed by atoms with van der Waals surface area (Å²) in [6.07, 6.45) is 1.22. The number of rotatable bonds is 4. The number of carbonyl (C=O) groups is 2. The van der Waals surface area contributed by atoms with Crippen LogP contribution in [0.25, 0.3) is 11.1 Å². The number of aromatic amines is 1. The van der Waals surface area contributed by atoms with Crippen molar-refractivity contribution in [3.05, 3.63) is 63.4 Å². The van der Waals surface area contributed by atoms with Gasteiger partial charge in [-0.25, -0.2) is 9.78 Å². The monoisotopic (exact) mass is 341 g/mol. The molecule has 2 aromatic heterocycles. The van der Waals surface area contributed by atoms with Crippen LogP contribution in [0, 0.1) is 6.92 Å². The van der Waals surface area contributed by atoms with Crippen molar-refractivity contribution >= 4 is 23.0 Å². The number of nitrogens with one attached hydrogen (secondary N) is 2. The summed E-state index contributed by atoms with van der Waals surface area (Å²) in [5.41, 5.74) is 1.06. The average molecular weight is 341 g/mol. The Balaban J connectivity index is 1.78. The van der Waals surface area contributed by atoms with Crippen molar-refractivity contribution in [2.45, 2.75) is 13.5 Å². The molecule has 8 heteroatoms. The first-order valence-electron chi connectivity index (χ1n) is 7.43. The Morgan fingerprint density at radius 3 is 2.68 bits per heavy atom. The zero-order valence-electron chi connectivity index (χ0n) is 13.6. The highest BCUT2D eigenvalue weighted by atomic mass is 16.5. The predicted octanol–water partition coefficient (Wildman–Crippen LogP) is 1.54. The summed E-state index contributed by atoms with van der Waals surface area (Å²) >= 11 is 0. The van der Waals surface area contributed by atoms with E-state index in [0.717, 1.165) is 5.56 Å². The van der Waals surface area contributed by atoms with Crippen molar-refractivity contribution in [3.63, 3.8) is 0 Å². The molecule has 2 N–H and O–H groups in total. The van der Waals surface area contributed by atoms with Gasteiger partial charge in [-0.3, -0.25) is 9.59 Å². The van der Waals surface area contributed by atoms with Crippen molar-refractivity contribution < 1.29 is 18.7 Å². The standard InChI is InChI=1S/C17H15N3O5/c1-9-12(13-15(22)19-8-20-16(13)25-9)14(21)18-7-10-3-5-11(6-4-10)17(23)24-2/h3-6,8H,7H2,1-2H3,(H,18,21)(H,19,20,22). The fourth-order valence-corrected chi connectivity index (χ4v) is 2.47. The van der Waals surface area contributed by atoms with Gasteiger partial charge in [0.25, 0.3) is 11.5 Å². The minimum atomic E-state index is -0.438. The Hall–Kier alpha value is -3.42. The first-order valence-corrected chi connectivity index (χ1v) is 7.43. The number of benzene rings is 1. The Bertz CT molecular complexity index is 1000. The van der Waals surface area contributed by atoms with Gasteiger partial charge in [0.1, 0.15) is 11.1 Å². The van der Waals surface area contributed by atoms with Crippen molar-refractivity contribution in [2.75, 3.05) is 7.11 Å². The van der Waals surface area contributed by atoms with Crippen LogP contribution in [-0.4, -0.2) is 29.0 Å².